The molecule has 2 N–H and O–H groups in total. The molecule has 7 heteroatoms. The number of halogens is 1. The van der Waals surface area contributed by atoms with E-state index in [0.29, 0.717) is 16.6 Å². The Kier molecular flexibility index (Phi) is 6.43. The van der Waals surface area contributed by atoms with Crippen molar-refractivity contribution in [1.29, 1.82) is 0 Å². The molecule has 0 saturated heterocycles. The summed E-state index contributed by atoms with van der Waals surface area (Å²) in [5.41, 5.74) is 0.841. The fraction of sp³-hybridized carbons (Fsp3) is 0.375. The number of nitrogens with zero attached hydrogens (tertiary/aromatic N) is 3. The van der Waals surface area contributed by atoms with Crippen LogP contribution in [0, 0.1) is 0 Å². The van der Waals surface area contributed by atoms with Crippen LogP contribution in [-0.2, 0) is 0 Å². The lowest BCUT2D eigenvalue weighted by Gasteiger charge is -2.11. The zero-order chi connectivity index (χ0) is 16.7. The van der Waals surface area contributed by atoms with E-state index in [0.717, 1.165) is 31.0 Å². The third kappa shape index (κ3) is 5.58. The Morgan fingerprint density at radius 1 is 1.17 bits per heavy atom. The molecule has 0 aliphatic heterocycles. The SMILES string of the molecule is COc1ccc(Nc2cc(NCCCN(C)C)ncn2)cc1Cl. The van der Waals surface area contributed by atoms with Crippen molar-refractivity contribution in [3.63, 3.8) is 0 Å². The molecule has 1 heterocycles. The van der Waals surface area contributed by atoms with Crippen molar-refractivity contribution in [3.05, 3.63) is 35.6 Å². The molecule has 0 amide bonds. The van der Waals surface area contributed by atoms with Crippen molar-refractivity contribution in [2.24, 2.45) is 0 Å². The van der Waals surface area contributed by atoms with Gasteiger partial charge in [0, 0.05) is 18.3 Å². The van der Waals surface area contributed by atoms with Gasteiger partial charge in [0.2, 0.25) is 0 Å². The van der Waals surface area contributed by atoms with Crippen LogP contribution in [0.5, 0.6) is 5.75 Å². The van der Waals surface area contributed by atoms with Crippen LogP contribution in [0.1, 0.15) is 6.42 Å². The summed E-state index contributed by atoms with van der Waals surface area (Å²) < 4.78 is 5.14. The average molecular weight is 336 g/mol. The number of rotatable bonds is 8. The first-order valence-electron chi connectivity index (χ1n) is 7.39. The Morgan fingerprint density at radius 2 is 1.96 bits per heavy atom. The molecule has 0 saturated carbocycles. The number of ether oxygens (including phenoxy) is 1. The number of aromatic nitrogens is 2. The van der Waals surface area contributed by atoms with Gasteiger partial charge in [-0.3, -0.25) is 0 Å². The van der Waals surface area contributed by atoms with Gasteiger partial charge in [-0.1, -0.05) is 11.6 Å². The molecule has 1 aromatic carbocycles. The van der Waals surface area contributed by atoms with Gasteiger partial charge in [0.25, 0.3) is 0 Å². The summed E-state index contributed by atoms with van der Waals surface area (Å²) in [4.78, 5) is 10.6. The number of hydrogen-bond donors (Lipinski definition) is 2. The second-order valence-corrected chi connectivity index (χ2v) is 5.75. The molecule has 0 aliphatic rings. The molecule has 124 valence electrons. The number of nitrogens with one attached hydrogen (secondary N) is 2. The zero-order valence-corrected chi connectivity index (χ0v) is 14.4. The summed E-state index contributed by atoms with van der Waals surface area (Å²) in [6.07, 6.45) is 2.58. The van der Waals surface area contributed by atoms with Crippen LogP contribution in [0.25, 0.3) is 0 Å². The van der Waals surface area contributed by atoms with Gasteiger partial charge in [-0.15, -0.1) is 0 Å². The first-order valence-corrected chi connectivity index (χ1v) is 7.77. The lowest BCUT2D eigenvalue weighted by Crippen LogP contribution is -2.16. The van der Waals surface area contributed by atoms with Crippen LogP contribution in [0.15, 0.2) is 30.6 Å². The van der Waals surface area contributed by atoms with Crippen molar-refractivity contribution < 1.29 is 4.74 Å². The highest BCUT2D eigenvalue weighted by molar-refractivity contribution is 6.32. The quantitative estimate of drug-likeness (QED) is 0.722. The fourth-order valence-electron chi connectivity index (χ4n) is 2.03. The number of hydrogen-bond acceptors (Lipinski definition) is 6. The lowest BCUT2D eigenvalue weighted by atomic mass is 10.3. The highest BCUT2D eigenvalue weighted by Crippen LogP contribution is 2.28. The largest absolute Gasteiger partial charge is 0.495 e. The highest BCUT2D eigenvalue weighted by Gasteiger charge is 2.04. The van der Waals surface area contributed by atoms with E-state index in [4.69, 9.17) is 16.3 Å². The Balaban J connectivity index is 1.95. The van der Waals surface area contributed by atoms with Gasteiger partial charge in [-0.05, 0) is 45.3 Å². The second kappa shape index (κ2) is 8.55. The zero-order valence-electron chi connectivity index (χ0n) is 13.6. The van der Waals surface area contributed by atoms with E-state index in [1.165, 1.54) is 6.33 Å². The van der Waals surface area contributed by atoms with Gasteiger partial charge in [0.15, 0.2) is 0 Å². The van der Waals surface area contributed by atoms with Crippen LogP contribution < -0.4 is 15.4 Å². The van der Waals surface area contributed by atoms with E-state index in [-0.39, 0.29) is 0 Å². The molecule has 2 rings (SSSR count). The maximum Gasteiger partial charge on any atom is 0.137 e. The fourth-order valence-corrected chi connectivity index (χ4v) is 2.28. The van der Waals surface area contributed by atoms with E-state index >= 15 is 0 Å². The molecule has 0 bridgehead atoms. The molecule has 6 nitrogen and oxygen atoms in total. The molecule has 0 atom stereocenters. The molecule has 0 spiro atoms. The van der Waals surface area contributed by atoms with Crippen LogP contribution >= 0.6 is 11.6 Å². The Labute approximate surface area is 141 Å². The molecular formula is C16H22ClN5O. The van der Waals surface area contributed by atoms with Crippen molar-refractivity contribution in [3.8, 4) is 5.75 Å². The summed E-state index contributed by atoms with van der Waals surface area (Å²) in [5, 5.41) is 7.05. The molecule has 0 unspecified atom stereocenters. The summed E-state index contributed by atoms with van der Waals surface area (Å²) in [6.45, 7) is 1.90. The maximum absolute atomic E-state index is 6.12. The molecule has 0 radical (unpaired) electrons. The number of anilines is 3. The average Bonchev–Trinajstić information content (AvgIpc) is 2.52. The molecular weight excluding hydrogens is 314 g/mol. The minimum atomic E-state index is 0.550. The molecule has 23 heavy (non-hydrogen) atoms. The van der Waals surface area contributed by atoms with E-state index in [1.54, 1.807) is 13.2 Å². The van der Waals surface area contributed by atoms with Crippen LogP contribution in [-0.4, -0.2) is 49.2 Å². The van der Waals surface area contributed by atoms with Gasteiger partial charge < -0.3 is 20.3 Å². The van der Waals surface area contributed by atoms with E-state index < -0.39 is 0 Å². The summed E-state index contributed by atoms with van der Waals surface area (Å²) in [7, 11) is 5.71. The number of methoxy groups -OCH3 is 1. The Hall–Kier alpha value is -2.05. The maximum atomic E-state index is 6.12. The van der Waals surface area contributed by atoms with Gasteiger partial charge in [0.1, 0.15) is 23.7 Å². The van der Waals surface area contributed by atoms with Crippen LogP contribution in [0.4, 0.5) is 17.3 Å². The standard InChI is InChI=1S/C16H22ClN5O/c1-22(2)8-4-7-18-15-10-16(20-11-19-15)21-12-5-6-14(23-3)13(17)9-12/h5-6,9-11H,4,7-8H2,1-3H3,(H2,18,19,20,21). The van der Waals surface area contributed by atoms with Gasteiger partial charge in [-0.25, -0.2) is 9.97 Å². The van der Waals surface area contributed by atoms with E-state index in [9.17, 15) is 0 Å². The predicted octanol–water partition coefficient (Wildman–Crippen LogP) is 3.25. The van der Waals surface area contributed by atoms with Crippen molar-refractivity contribution in [1.82, 2.24) is 14.9 Å². The summed E-state index contributed by atoms with van der Waals surface area (Å²) in [5.74, 6) is 2.14. The molecule has 0 aliphatic carbocycles. The first-order chi connectivity index (χ1) is 11.1. The van der Waals surface area contributed by atoms with Gasteiger partial charge in [-0.2, -0.15) is 0 Å². The van der Waals surface area contributed by atoms with E-state index in [2.05, 4.69) is 39.6 Å². The normalized spacial score (nSPS) is 10.7. The third-order valence-corrected chi connectivity index (χ3v) is 3.47. The number of benzene rings is 1. The predicted molar refractivity (Wildman–Crippen MR) is 95.0 cm³/mol. The third-order valence-electron chi connectivity index (χ3n) is 3.18. The Bertz CT molecular complexity index is 636. The van der Waals surface area contributed by atoms with Crippen molar-refractivity contribution >= 4 is 28.9 Å². The second-order valence-electron chi connectivity index (χ2n) is 5.35. The lowest BCUT2D eigenvalue weighted by molar-refractivity contribution is 0.405. The summed E-state index contributed by atoms with van der Waals surface area (Å²) >= 11 is 6.12. The molecule has 0 fully saturated rings. The monoisotopic (exact) mass is 335 g/mol. The molecule has 1 aromatic heterocycles. The topological polar surface area (TPSA) is 62.3 Å². The minimum Gasteiger partial charge on any atom is -0.495 e. The van der Waals surface area contributed by atoms with Crippen LogP contribution in [0.2, 0.25) is 5.02 Å². The summed E-state index contributed by atoms with van der Waals surface area (Å²) in [6, 6.07) is 7.36. The van der Waals surface area contributed by atoms with Crippen LogP contribution in [0.3, 0.4) is 0 Å². The van der Waals surface area contributed by atoms with Gasteiger partial charge >= 0.3 is 0 Å². The highest BCUT2D eigenvalue weighted by atomic mass is 35.5. The van der Waals surface area contributed by atoms with Gasteiger partial charge in [0.05, 0.1) is 12.1 Å². The Morgan fingerprint density at radius 3 is 2.65 bits per heavy atom. The van der Waals surface area contributed by atoms with Crippen molar-refractivity contribution in [2.75, 3.05) is 44.9 Å². The first kappa shape index (κ1) is 17.3. The minimum absolute atomic E-state index is 0.550. The smallest absolute Gasteiger partial charge is 0.137 e. The molecule has 2 aromatic rings. The van der Waals surface area contributed by atoms with E-state index in [1.807, 2.05) is 18.2 Å². The van der Waals surface area contributed by atoms with Crippen molar-refractivity contribution in [2.45, 2.75) is 6.42 Å².